The van der Waals surface area contributed by atoms with Crippen LogP contribution in [0.2, 0.25) is 0 Å². The maximum Gasteiger partial charge on any atom is 0.262 e. The highest BCUT2D eigenvalue weighted by atomic mass is 16.2. The van der Waals surface area contributed by atoms with Crippen LogP contribution in [-0.4, -0.2) is 24.9 Å². The molecule has 2 amide bonds. The summed E-state index contributed by atoms with van der Waals surface area (Å²) < 4.78 is 0. The second-order valence-corrected chi connectivity index (χ2v) is 3.18. The van der Waals surface area contributed by atoms with E-state index in [1.54, 1.807) is 0 Å². The summed E-state index contributed by atoms with van der Waals surface area (Å²) >= 11 is 0. The van der Waals surface area contributed by atoms with Gasteiger partial charge in [-0.1, -0.05) is 0 Å². The van der Waals surface area contributed by atoms with Crippen LogP contribution in [0.1, 0.15) is 32.1 Å². The third kappa shape index (κ3) is 9.17. The number of nitrogens with one attached hydrogen (secondary N) is 1. The van der Waals surface area contributed by atoms with E-state index >= 15 is 0 Å². The molecule has 0 aromatic heterocycles. The molecule has 0 spiro atoms. The summed E-state index contributed by atoms with van der Waals surface area (Å²) in [4.78, 5) is 22.1. The summed E-state index contributed by atoms with van der Waals surface area (Å²) in [6, 6.07) is 0. The molecule has 0 aromatic carbocycles. The van der Waals surface area contributed by atoms with Crippen molar-refractivity contribution in [1.82, 2.24) is 10.9 Å². The van der Waals surface area contributed by atoms with Crippen LogP contribution >= 0.6 is 0 Å². The van der Waals surface area contributed by atoms with Crippen LogP contribution in [0.15, 0.2) is 0 Å². The number of nitrogens with two attached hydrogens (primary N) is 2. The summed E-state index contributed by atoms with van der Waals surface area (Å²) in [6.45, 7) is 1.02. The number of carbonyl (C=O) groups excluding carboxylic acids is 2. The molecule has 6 nitrogen and oxygen atoms in total. The molecule has 0 fully saturated rings. The minimum Gasteiger partial charge on any atom is -0.330 e. The molecular weight excluding hydrogens is 196 g/mol. The Kier molecular flexibility index (Phi) is 8.70. The molecule has 0 heterocycles. The Morgan fingerprint density at radius 3 is 2.27 bits per heavy atom. The maximum absolute atomic E-state index is 11.0. The number of hydrogen-bond acceptors (Lipinski definition) is 4. The van der Waals surface area contributed by atoms with Gasteiger partial charge >= 0.3 is 0 Å². The monoisotopic (exact) mass is 215 g/mol. The van der Waals surface area contributed by atoms with Gasteiger partial charge in [0.05, 0.1) is 0 Å². The van der Waals surface area contributed by atoms with Crippen molar-refractivity contribution in [2.24, 2.45) is 11.5 Å². The normalized spacial score (nSPS) is 9.73. The van der Waals surface area contributed by atoms with Crippen LogP contribution in [0, 0.1) is 0 Å². The smallest absolute Gasteiger partial charge is 0.262 e. The van der Waals surface area contributed by atoms with Crippen LogP contribution in [0.25, 0.3) is 0 Å². The topological polar surface area (TPSA) is 112 Å². The number of carbonyl (C=O) groups is 2. The van der Waals surface area contributed by atoms with Gasteiger partial charge in [0.1, 0.15) is 0 Å². The zero-order chi connectivity index (χ0) is 11.5. The molecule has 15 heavy (non-hydrogen) atoms. The van der Waals surface area contributed by atoms with E-state index in [1.807, 2.05) is 0 Å². The quantitative estimate of drug-likeness (QED) is 0.374. The summed E-state index contributed by atoms with van der Waals surface area (Å²) in [5, 5.41) is 0. The van der Waals surface area contributed by atoms with E-state index in [-0.39, 0.29) is 11.8 Å². The van der Waals surface area contributed by atoms with Gasteiger partial charge in [0, 0.05) is 12.8 Å². The number of nitrogens with zero attached hydrogens (tertiary/aromatic N) is 1. The molecule has 0 aliphatic carbocycles. The number of hydrogen-bond donors (Lipinski definition) is 3. The second-order valence-electron chi connectivity index (χ2n) is 3.18. The van der Waals surface area contributed by atoms with E-state index in [2.05, 4.69) is 10.9 Å². The first-order valence-corrected chi connectivity index (χ1v) is 5.13. The Morgan fingerprint density at radius 1 is 1.00 bits per heavy atom. The molecule has 0 rings (SSSR count). The van der Waals surface area contributed by atoms with Crippen LogP contribution in [0.5, 0.6) is 0 Å². The fraction of sp³-hybridized carbons (Fsp3) is 0.778. The van der Waals surface area contributed by atoms with Crippen molar-refractivity contribution in [3.63, 3.8) is 0 Å². The van der Waals surface area contributed by atoms with E-state index in [0.29, 0.717) is 38.8 Å². The van der Waals surface area contributed by atoms with E-state index in [4.69, 9.17) is 11.5 Å². The van der Waals surface area contributed by atoms with Crippen molar-refractivity contribution in [3.8, 4) is 0 Å². The molecule has 0 aromatic rings. The Labute approximate surface area is 89.7 Å². The van der Waals surface area contributed by atoms with Gasteiger partial charge in [-0.05, 0) is 32.4 Å². The second kappa shape index (κ2) is 9.42. The Bertz CT molecular complexity index is 197. The highest BCUT2D eigenvalue weighted by Crippen LogP contribution is 1.93. The average molecular weight is 215 g/mol. The zero-order valence-corrected chi connectivity index (χ0v) is 8.87. The molecule has 0 aliphatic heterocycles. The van der Waals surface area contributed by atoms with Gasteiger partial charge < -0.3 is 11.5 Å². The first-order chi connectivity index (χ1) is 7.20. The summed E-state index contributed by atoms with van der Waals surface area (Å²) in [5.74, 6) is -0.586. The maximum atomic E-state index is 11.0. The first-order valence-electron chi connectivity index (χ1n) is 5.13. The average Bonchev–Trinajstić information content (AvgIpc) is 2.24. The Balaban J connectivity index is 3.40. The summed E-state index contributed by atoms with van der Waals surface area (Å²) in [7, 11) is 0. The van der Waals surface area contributed by atoms with Gasteiger partial charge in [0.2, 0.25) is 5.91 Å². The molecule has 0 aliphatic rings. The summed E-state index contributed by atoms with van der Waals surface area (Å²) in [6.07, 6.45) is 2.73. The number of rotatable bonds is 7. The van der Waals surface area contributed by atoms with Gasteiger partial charge in [0.25, 0.3) is 5.91 Å². The highest BCUT2D eigenvalue weighted by molar-refractivity contribution is 5.81. The van der Waals surface area contributed by atoms with Gasteiger partial charge in [-0.3, -0.25) is 9.59 Å². The van der Waals surface area contributed by atoms with Crippen LogP contribution in [-0.2, 0) is 9.59 Å². The molecule has 6 heteroatoms. The highest BCUT2D eigenvalue weighted by Gasteiger charge is 2.05. The molecule has 0 atom stereocenters. The SMILES string of the molecule is NCCCCC(=O)[N]NC(=O)CCCN. The van der Waals surface area contributed by atoms with Crippen molar-refractivity contribution < 1.29 is 9.59 Å². The molecule has 5 N–H and O–H groups in total. The van der Waals surface area contributed by atoms with Crippen molar-refractivity contribution in [2.75, 3.05) is 13.1 Å². The van der Waals surface area contributed by atoms with E-state index < -0.39 is 0 Å². The Hall–Kier alpha value is -1.14. The molecule has 0 saturated heterocycles. The lowest BCUT2D eigenvalue weighted by Crippen LogP contribution is -2.35. The summed E-state index contributed by atoms with van der Waals surface area (Å²) in [5.41, 5.74) is 16.1. The van der Waals surface area contributed by atoms with Gasteiger partial charge in [0.15, 0.2) is 0 Å². The zero-order valence-electron chi connectivity index (χ0n) is 8.87. The predicted molar refractivity (Wildman–Crippen MR) is 56.5 cm³/mol. The number of amides is 2. The lowest BCUT2D eigenvalue weighted by atomic mass is 10.2. The van der Waals surface area contributed by atoms with Crippen molar-refractivity contribution >= 4 is 11.8 Å². The van der Waals surface area contributed by atoms with E-state index in [9.17, 15) is 9.59 Å². The van der Waals surface area contributed by atoms with E-state index in [0.717, 1.165) is 6.42 Å². The largest absolute Gasteiger partial charge is 0.330 e. The fourth-order valence-electron chi connectivity index (χ4n) is 0.920. The molecule has 87 valence electrons. The molecule has 0 saturated carbocycles. The van der Waals surface area contributed by atoms with Crippen molar-refractivity contribution in [3.05, 3.63) is 0 Å². The van der Waals surface area contributed by atoms with Gasteiger partial charge in [-0.15, -0.1) is 5.43 Å². The third-order valence-corrected chi connectivity index (χ3v) is 1.76. The third-order valence-electron chi connectivity index (χ3n) is 1.76. The Morgan fingerprint density at radius 2 is 1.67 bits per heavy atom. The lowest BCUT2D eigenvalue weighted by Gasteiger charge is -2.03. The van der Waals surface area contributed by atoms with Gasteiger partial charge in [-0.2, -0.15) is 0 Å². The molecular formula is C9H19N4O2. The molecule has 0 unspecified atom stereocenters. The lowest BCUT2D eigenvalue weighted by molar-refractivity contribution is -0.129. The van der Waals surface area contributed by atoms with Crippen LogP contribution in [0.4, 0.5) is 0 Å². The minimum atomic E-state index is -0.315. The van der Waals surface area contributed by atoms with Crippen LogP contribution < -0.4 is 22.3 Å². The molecule has 0 bridgehead atoms. The predicted octanol–water partition coefficient (Wildman–Crippen LogP) is -0.983. The van der Waals surface area contributed by atoms with Gasteiger partial charge in [-0.25, -0.2) is 5.43 Å². The first kappa shape index (κ1) is 13.9. The number of unbranched alkanes of at least 4 members (excludes halogenated alkanes) is 1. The molecule has 1 radical (unpaired) electrons. The van der Waals surface area contributed by atoms with E-state index in [1.165, 1.54) is 0 Å². The minimum absolute atomic E-state index is 0.271. The van der Waals surface area contributed by atoms with Crippen molar-refractivity contribution in [2.45, 2.75) is 32.1 Å². The van der Waals surface area contributed by atoms with Crippen LogP contribution in [0.3, 0.4) is 0 Å². The standard InChI is InChI=1S/C9H19N4O2/c10-6-2-1-4-8(14)12-13-9(15)5-3-7-11/h1-7,10-11H2,(H,13,15). The van der Waals surface area contributed by atoms with Crippen molar-refractivity contribution in [1.29, 1.82) is 0 Å². The fourth-order valence-corrected chi connectivity index (χ4v) is 0.920.